The zero-order valence-electron chi connectivity index (χ0n) is 16.8. The fourth-order valence-corrected chi connectivity index (χ4v) is 6.36. The van der Waals surface area contributed by atoms with Crippen molar-refractivity contribution in [3.63, 3.8) is 0 Å². The van der Waals surface area contributed by atoms with Crippen LogP contribution in [0.3, 0.4) is 0 Å². The summed E-state index contributed by atoms with van der Waals surface area (Å²) < 4.78 is 92.4. The van der Waals surface area contributed by atoms with Crippen LogP contribution in [0.5, 0.6) is 0 Å². The summed E-state index contributed by atoms with van der Waals surface area (Å²) in [5.41, 5.74) is -4.83. The maximum Gasteiger partial charge on any atom is 0.511 e. The molecular weight excluding hydrogens is 455 g/mol. The van der Waals surface area contributed by atoms with Crippen LogP contribution >= 0.6 is 0 Å². The van der Waals surface area contributed by atoms with Crippen molar-refractivity contribution in [1.82, 2.24) is 14.3 Å². The molecule has 12 heteroatoms. The fraction of sp³-hybridized carbons (Fsp3) is 0.550. The molecule has 0 unspecified atom stereocenters. The lowest BCUT2D eigenvalue weighted by molar-refractivity contribution is -0.129. The van der Waals surface area contributed by atoms with Gasteiger partial charge in [-0.25, -0.2) is 22.2 Å². The van der Waals surface area contributed by atoms with E-state index in [0.29, 0.717) is 21.6 Å². The largest absolute Gasteiger partial charge is 0.511 e. The van der Waals surface area contributed by atoms with Gasteiger partial charge in [0.2, 0.25) is 0 Å². The van der Waals surface area contributed by atoms with Crippen molar-refractivity contribution >= 4 is 15.7 Å². The van der Waals surface area contributed by atoms with Crippen molar-refractivity contribution in [3.05, 3.63) is 47.5 Å². The number of aromatic amines is 1. The van der Waals surface area contributed by atoms with Crippen molar-refractivity contribution in [2.75, 3.05) is 11.4 Å². The summed E-state index contributed by atoms with van der Waals surface area (Å²) in [5.74, 6) is 0.514. The Kier molecular flexibility index (Phi) is 4.83. The minimum absolute atomic E-state index is 0.129. The van der Waals surface area contributed by atoms with Gasteiger partial charge in [-0.2, -0.15) is 17.5 Å². The molecule has 6 rings (SSSR count). The molecule has 2 heterocycles. The Hall–Kier alpha value is -2.21. The van der Waals surface area contributed by atoms with Gasteiger partial charge in [0.1, 0.15) is 0 Å². The third-order valence-electron chi connectivity index (χ3n) is 7.08. The highest BCUT2D eigenvalue weighted by molar-refractivity contribution is 7.89. The highest BCUT2D eigenvalue weighted by Gasteiger charge is 2.63. The number of anilines is 1. The maximum absolute atomic E-state index is 13.5. The lowest BCUT2D eigenvalue weighted by atomic mass is 9.41. The number of rotatable bonds is 5. The number of benzene rings is 1. The predicted molar refractivity (Wildman–Crippen MR) is 105 cm³/mol. The van der Waals surface area contributed by atoms with Crippen molar-refractivity contribution in [2.24, 2.45) is 11.3 Å². The lowest BCUT2D eigenvalue weighted by Crippen LogP contribution is -2.66. The Morgan fingerprint density at radius 2 is 1.94 bits per heavy atom. The van der Waals surface area contributed by atoms with Gasteiger partial charge in [0, 0.05) is 36.6 Å². The number of fused-ring (bicyclic) bond motifs is 1. The molecular formula is C20H21F5N4O2S. The topological polar surface area (TPSA) is 69.3 Å². The van der Waals surface area contributed by atoms with Crippen LogP contribution in [0.1, 0.15) is 42.5 Å². The van der Waals surface area contributed by atoms with Crippen LogP contribution in [-0.2, 0) is 23.1 Å². The number of sulfonamides is 1. The normalized spacial score (nSPS) is 28.1. The van der Waals surface area contributed by atoms with E-state index >= 15 is 0 Å². The molecule has 1 N–H and O–H groups in total. The second kappa shape index (κ2) is 7.14. The van der Waals surface area contributed by atoms with Crippen molar-refractivity contribution in [1.29, 1.82) is 0 Å². The molecule has 1 atom stereocenters. The van der Waals surface area contributed by atoms with Crippen molar-refractivity contribution < 1.29 is 30.4 Å². The molecule has 2 bridgehead atoms. The van der Waals surface area contributed by atoms with Crippen LogP contribution in [0.25, 0.3) is 0 Å². The third-order valence-corrected chi connectivity index (χ3v) is 8.63. The number of halogens is 5. The Bertz CT molecular complexity index is 1100. The highest BCUT2D eigenvalue weighted by atomic mass is 32.2. The van der Waals surface area contributed by atoms with Crippen molar-refractivity contribution in [3.8, 4) is 0 Å². The molecule has 3 fully saturated rings. The zero-order chi connectivity index (χ0) is 22.9. The molecule has 0 spiro atoms. The first kappa shape index (κ1) is 21.6. The van der Waals surface area contributed by atoms with E-state index in [-0.39, 0.29) is 29.6 Å². The molecule has 6 nitrogen and oxygen atoms in total. The SMILES string of the molecule is O=S(=O)(N1Cc2cc(C(F)F)ccc2N(Cc2cnc[nH]2)[C@@H](C23CC(C2)C3)C1)C(F)(F)F. The summed E-state index contributed by atoms with van der Waals surface area (Å²) in [4.78, 5) is 8.83. The van der Waals surface area contributed by atoms with Gasteiger partial charge < -0.3 is 9.88 Å². The summed E-state index contributed by atoms with van der Waals surface area (Å²) in [5, 5.41) is 0. The van der Waals surface area contributed by atoms with E-state index in [9.17, 15) is 30.4 Å². The second-order valence-corrected chi connectivity index (χ2v) is 10.9. The second-order valence-electron chi connectivity index (χ2n) is 8.99. The fourth-order valence-electron chi connectivity index (χ4n) is 5.42. The number of nitrogens with one attached hydrogen (secondary N) is 1. The Balaban J connectivity index is 1.64. The number of imidazole rings is 1. The monoisotopic (exact) mass is 476 g/mol. The minimum Gasteiger partial charge on any atom is -0.361 e. The lowest BCUT2D eigenvalue weighted by Gasteiger charge is -2.67. The molecule has 3 saturated carbocycles. The van der Waals surface area contributed by atoms with Gasteiger partial charge in [-0.15, -0.1) is 0 Å². The van der Waals surface area contributed by atoms with Gasteiger partial charge in [0.05, 0.1) is 18.6 Å². The molecule has 4 aliphatic rings. The third kappa shape index (κ3) is 3.30. The number of hydrogen-bond acceptors (Lipinski definition) is 4. The summed E-state index contributed by atoms with van der Waals surface area (Å²) >= 11 is 0. The van der Waals surface area contributed by atoms with Gasteiger partial charge in [-0.3, -0.25) is 0 Å². The van der Waals surface area contributed by atoms with E-state index in [1.807, 2.05) is 4.90 Å². The molecule has 1 aliphatic heterocycles. The van der Waals surface area contributed by atoms with Crippen LogP contribution < -0.4 is 4.90 Å². The molecule has 0 saturated heterocycles. The van der Waals surface area contributed by atoms with Gasteiger partial charge in [-0.05, 0) is 48.3 Å². The minimum atomic E-state index is -5.65. The number of H-pyrrole nitrogens is 1. The molecule has 1 aromatic carbocycles. The van der Waals surface area contributed by atoms with Gasteiger partial charge >= 0.3 is 15.5 Å². The standard InChI is InChI=1S/C20H21F5N4O2S/c21-18(22)13-1-2-16-14(3-13)8-28(32(30,31)20(23,24)25)10-17(19-4-12(5-19)6-19)29(16)9-15-7-26-11-27-15/h1-3,7,11-12,17-18H,4-6,8-10H2,(H,26,27)/t12?,17-,19?/m1/s1. The smallest absolute Gasteiger partial charge is 0.361 e. The molecule has 1 aromatic heterocycles. The van der Waals surface area contributed by atoms with E-state index in [2.05, 4.69) is 9.97 Å². The molecule has 0 radical (unpaired) electrons. The number of hydrogen-bond donors (Lipinski definition) is 1. The first-order chi connectivity index (χ1) is 15.0. The average molecular weight is 476 g/mol. The number of nitrogens with zero attached hydrogens (tertiary/aromatic N) is 3. The van der Waals surface area contributed by atoms with Gasteiger partial charge in [-0.1, -0.05) is 6.07 Å². The van der Waals surface area contributed by atoms with E-state index in [1.54, 1.807) is 6.20 Å². The average Bonchev–Trinajstić information content (AvgIpc) is 3.09. The molecule has 2 aromatic rings. The summed E-state index contributed by atoms with van der Waals surface area (Å²) in [6.45, 7) is -0.730. The zero-order valence-corrected chi connectivity index (χ0v) is 17.6. The van der Waals surface area contributed by atoms with Crippen LogP contribution in [0.4, 0.5) is 27.6 Å². The van der Waals surface area contributed by atoms with Crippen LogP contribution in [-0.4, -0.2) is 40.8 Å². The van der Waals surface area contributed by atoms with Crippen LogP contribution in [0.2, 0.25) is 0 Å². The molecule has 3 aliphatic carbocycles. The number of alkyl halides is 5. The highest BCUT2D eigenvalue weighted by Crippen LogP contribution is 2.67. The molecule has 32 heavy (non-hydrogen) atoms. The van der Waals surface area contributed by atoms with E-state index < -0.39 is 34.5 Å². The van der Waals surface area contributed by atoms with E-state index in [0.717, 1.165) is 25.3 Å². The summed E-state index contributed by atoms with van der Waals surface area (Å²) in [7, 11) is -5.65. The van der Waals surface area contributed by atoms with E-state index in [1.165, 1.54) is 18.5 Å². The first-order valence-electron chi connectivity index (χ1n) is 10.2. The molecule has 174 valence electrons. The molecule has 0 amide bonds. The summed E-state index contributed by atoms with van der Waals surface area (Å²) in [6.07, 6.45) is 2.70. The quantitative estimate of drug-likeness (QED) is 0.658. The van der Waals surface area contributed by atoms with Gasteiger partial charge in [0.15, 0.2) is 0 Å². The Morgan fingerprint density at radius 3 is 2.47 bits per heavy atom. The maximum atomic E-state index is 13.5. The number of aromatic nitrogens is 2. The first-order valence-corrected chi connectivity index (χ1v) is 11.7. The Morgan fingerprint density at radius 1 is 1.22 bits per heavy atom. The van der Waals surface area contributed by atoms with Crippen LogP contribution in [0.15, 0.2) is 30.7 Å². The predicted octanol–water partition coefficient (Wildman–Crippen LogP) is 4.19. The van der Waals surface area contributed by atoms with Crippen LogP contribution in [0, 0.1) is 11.3 Å². The summed E-state index contributed by atoms with van der Waals surface area (Å²) in [6, 6.07) is 3.31. The van der Waals surface area contributed by atoms with Crippen molar-refractivity contribution in [2.45, 2.75) is 50.3 Å². The van der Waals surface area contributed by atoms with Gasteiger partial charge in [0.25, 0.3) is 6.43 Å². The Labute approximate surface area is 181 Å². The van der Waals surface area contributed by atoms with E-state index in [4.69, 9.17) is 0 Å².